The molecule has 1 atom stereocenters. The number of aliphatic hydroxyl groups excluding tert-OH is 1. The van der Waals surface area contributed by atoms with Crippen molar-refractivity contribution >= 4 is 10.8 Å². The molecule has 1 N–H and O–H groups in total. The van der Waals surface area contributed by atoms with Crippen molar-refractivity contribution in [3.63, 3.8) is 0 Å². The topological polar surface area (TPSA) is 29.5 Å². The zero-order chi connectivity index (χ0) is 13.9. The molecule has 0 spiro atoms. The van der Waals surface area contributed by atoms with Crippen molar-refractivity contribution in [3.05, 3.63) is 42.5 Å². The van der Waals surface area contributed by atoms with Crippen LogP contribution in [-0.2, 0) is 0 Å². The average molecular weight is 258 g/mol. The fourth-order valence-corrected chi connectivity index (χ4v) is 2.22. The predicted octanol–water partition coefficient (Wildman–Crippen LogP) is 4.02. The third kappa shape index (κ3) is 4.25. The highest BCUT2D eigenvalue weighted by Gasteiger charge is 2.17. The molecule has 2 aromatic rings. The molecule has 0 bridgehead atoms. The maximum absolute atomic E-state index is 9.93. The van der Waals surface area contributed by atoms with E-state index >= 15 is 0 Å². The van der Waals surface area contributed by atoms with Crippen molar-refractivity contribution in [1.82, 2.24) is 0 Å². The van der Waals surface area contributed by atoms with E-state index in [1.165, 1.54) is 5.39 Å². The molecule has 0 heterocycles. The van der Waals surface area contributed by atoms with Crippen LogP contribution < -0.4 is 4.74 Å². The molecule has 0 fully saturated rings. The molecular formula is C17H22O2. The van der Waals surface area contributed by atoms with E-state index in [9.17, 15) is 5.11 Å². The van der Waals surface area contributed by atoms with Crippen molar-refractivity contribution in [1.29, 1.82) is 0 Å². The van der Waals surface area contributed by atoms with Gasteiger partial charge in [0.2, 0.25) is 0 Å². The molecule has 0 aliphatic heterocycles. The van der Waals surface area contributed by atoms with Gasteiger partial charge in [0.1, 0.15) is 12.4 Å². The Morgan fingerprint density at radius 2 is 1.74 bits per heavy atom. The summed E-state index contributed by atoms with van der Waals surface area (Å²) in [6.07, 6.45) is 0.312. The van der Waals surface area contributed by atoms with Gasteiger partial charge in [-0.3, -0.25) is 0 Å². The Kier molecular flexibility index (Phi) is 4.11. The highest BCUT2D eigenvalue weighted by atomic mass is 16.5. The molecule has 2 heteroatoms. The van der Waals surface area contributed by atoms with Crippen molar-refractivity contribution in [3.8, 4) is 5.75 Å². The Bertz CT molecular complexity index is 540. The summed E-state index contributed by atoms with van der Waals surface area (Å²) < 4.78 is 5.67. The molecule has 2 aromatic carbocycles. The molecule has 2 rings (SSSR count). The van der Waals surface area contributed by atoms with Gasteiger partial charge in [0.05, 0.1) is 6.10 Å². The highest BCUT2D eigenvalue weighted by molar-refractivity contribution is 5.83. The smallest absolute Gasteiger partial charge is 0.120 e. The molecule has 0 aromatic heterocycles. The summed E-state index contributed by atoms with van der Waals surface area (Å²) in [6.45, 7) is 6.69. The van der Waals surface area contributed by atoms with Gasteiger partial charge in [0.25, 0.3) is 0 Å². The van der Waals surface area contributed by atoms with Crippen LogP contribution in [0.2, 0.25) is 0 Å². The molecule has 2 nitrogen and oxygen atoms in total. The van der Waals surface area contributed by atoms with Crippen LogP contribution in [0.1, 0.15) is 27.2 Å². The van der Waals surface area contributed by atoms with Crippen LogP contribution in [0.15, 0.2) is 42.5 Å². The quantitative estimate of drug-likeness (QED) is 0.897. The zero-order valence-corrected chi connectivity index (χ0v) is 11.9. The largest absolute Gasteiger partial charge is 0.491 e. The standard InChI is InChI=1S/C17H22O2/c1-17(2,3)11-15(18)12-19-16-9-8-13-6-4-5-7-14(13)10-16/h4-10,15,18H,11-12H2,1-3H3. The Balaban J connectivity index is 1.98. The first kappa shape index (κ1) is 13.9. The Labute approximate surface area is 115 Å². The molecule has 0 radical (unpaired) electrons. The number of benzene rings is 2. The van der Waals surface area contributed by atoms with Crippen LogP contribution in [0.3, 0.4) is 0 Å². The van der Waals surface area contributed by atoms with Gasteiger partial charge in [-0.15, -0.1) is 0 Å². The van der Waals surface area contributed by atoms with Gasteiger partial charge in [0, 0.05) is 0 Å². The predicted molar refractivity (Wildman–Crippen MR) is 79.5 cm³/mol. The average Bonchev–Trinajstić information content (AvgIpc) is 2.34. The second-order valence-corrected chi connectivity index (χ2v) is 6.24. The molecule has 0 aliphatic rings. The van der Waals surface area contributed by atoms with E-state index in [0.717, 1.165) is 17.6 Å². The van der Waals surface area contributed by atoms with Gasteiger partial charge in [-0.05, 0) is 34.7 Å². The minimum atomic E-state index is -0.425. The zero-order valence-electron chi connectivity index (χ0n) is 11.9. The van der Waals surface area contributed by atoms with Crippen LogP contribution in [0.4, 0.5) is 0 Å². The molecule has 0 aliphatic carbocycles. The highest BCUT2D eigenvalue weighted by Crippen LogP contribution is 2.23. The third-order valence-electron chi connectivity index (χ3n) is 3.01. The van der Waals surface area contributed by atoms with Gasteiger partial charge in [0.15, 0.2) is 0 Å². The Morgan fingerprint density at radius 1 is 1.05 bits per heavy atom. The van der Waals surface area contributed by atoms with Gasteiger partial charge in [-0.1, -0.05) is 51.1 Å². The van der Waals surface area contributed by atoms with Crippen molar-refractivity contribution in [2.24, 2.45) is 5.41 Å². The molecule has 0 amide bonds. The van der Waals surface area contributed by atoms with E-state index in [1.807, 2.05) is 30.3 Å². The number of hydrogen-bond acceptors (Lipinski definition) is 2. The van der Waals surface area contributed by atoms with Gasteiger partial charge in [-0.2, -0.15) is 0 Å². The first-order chi connectivity index (χ1) is 8.94. The lowest BCUT2D eigenvalue weighted by Crippen LogP contribution is -2.23. The molecule has 1 unspecified atom stereocenters. The fraction of sp³-hybridized carbons (Fsp3) is 0.412. The van der Waals surface area contributed by atoms with Crippen LogP contribution in [0.5, 0.6) is 5.75 Å². The van der Waals surface area contributed by atoms with E-state index < -0.39 is 6.10 Å². The van der Waals surface area contributed by atoms with Crippen molar-refractivity contribution in [2.45, 2.75) is 33.3 Å². The van der Waals surface area contributed by atoms with Crippen LogP contribution >= 0.6 is 0 Å². The maximum atomic E-state index is 9.93. The monoisotopic (exact) mass is 258 g/mol. The number of fused-ring (bicyclic) bond motifs is 1. The van der Waals surface area contributed by atoms with Crippen LogP contribution in [0.25, 0.3) is 10.8 Å². The van der Waals surface area contributed by atoms with Gasteiger partial charge in [-0.25, -0.2) is 0 Å². The normalized spacial score (nSPS) is 13.5. The van der Waals surface area contributed by atoms with E-state index in [0.29, 0.717) is 6.61 Å². The number of hydrogen-bond donors (Lipinski definition) is 1. The fourth-order valence-electron chi connectivity index (χ4n) is 2.22. The number of rotatable bonds is 4. The molecule has 0 saturated heterocycles. The first-order valence-corrected chi connectivity index (χ1v) is 6.74. The Hall–Kier alpha value is -1.54. The minimum absolute atomic E-state index is 0.117. The summed E-state index contributed by atoms with van der Waals surface area (Å²) >= 11 is 0. The van der Waals surface area contributed by atoms with Crippen molar-refractivity contribution < 1.29 is 9.84 Å². The Morgan fingerprint density at radius 3 is 2.42 bits per heavy atom. The summed E-state index contributed by atoms with van der Waals surface area (Å²) in [7, 11) is 0. The lowest BCUT2D eigenvalue weighted by atomic mass is 9.89. The van der Waals surface area contributed by atoms with E-state index in [4.69, 9.17) is 4.74 Å². The molecular weight excluding hydrogens is 236 g/mol. The minimum Gasteiger partial charge on any atom is -0.491 e. The second kappa shape index (κ2) is 5.62. The molecule has 0 saturated carbocycles. The van der Waals surface area contributed by atoms with Crippen molar-refractivity contribution in [2.75, 3.05) is 6.61 Å². The third-order valence-corrected chi connectivity index (χ3v) is 3.01. The van der Waals surface area contributed by atoms with E-state index in [-0.39, 0.29) is 5.41 Å². The number of aliphatic hydroxyl groups is 1. The van der Waals surface area contributed by atoms with Gasteiger partial charge >= 0.3 is 0 Å². The first-order valence-electron chi connectivity index (χ1n) is 6.74. The summed E-state index contributed by atoms with van der Waals surface area (Å²) in [6, 6.07) is 14.2. The summed E-state index contributed by atoms with van der Waals surface area (Å²) in [4.78, 5) is 0. The number of ether oxygens (including phenoxy) is 1. The van der Waals surface area contributed by atoms with Crippen LogP contribution in [-0.4, -0.2) is 17.8 Å². The lowest BCUT2D eigenvalue weighted by Gasteiger charge is -2.22. The van der Waals surface area contributed by atoms with Crippen LogP contribution in [0, 0.1) is 5.41 Å². The van der Waals surface area contributed by atoms with E-state index in [2.05, 4.69) is 32.9 Å². The van der Waals surface area contributed by atoms with E-state index in [1.54, 1.807) is 0 Å². The summed E-state index contributed by atoms with van der Waals surface area (Å²) in [5.41, 5.74) is 0.117. The lowest BCUT2D eigenvalue weighted by molar-refractivity contribution is 0.0711. The summed E-state index contributed by atoms with van der Waals surface area (Å²) in [5.74, 6) is 0.812. The summed E-state index contributed by atoms with van der Waals surface area (Å²) in [5, 5.41) is 12.3. The SMILES string of the molecule is CC(C)(C)CC(O)COc1ccc2ccccc2c1. The maximum Gasteiger partial charge on any atom is 0.120 e. The second-order valence-electron chi connectivity index (χ2n) is 6.24. The molecule has 102 valence electrons. The molecule has 19 heavy (non-hydrogen) atoms. The van der Waals surface area contributed by atoms with Gasteiger partial charge < -0.3 is 9.84 Å².